The third-order valence-corrected chi connectivity index (χ3v) is 4.28. The van der Waals surface area contributed by atoms with Crippen LogP contribution in [-0.2, 0) is 18.4 Å². The van der Waals surface area contributed by atoms with Gasteiger partial charge in [0.15, 0.2) is 12.3 Å². The van der Waals surface area contributed by atoms with Crippen molar-refractivity contribution in [3.63, 3.8) is 0 Å². The minimum atomic E-state index is -0.205. The smallest absolute Gasteiger partial charge is 0.258 e. The summed E-state index contributed by atoms with van der Waals surface area (Å²) in [5.41, 5.74) is 3.69. The van der Waals surface area contributed by atoms with Crippen LogP contribution in [-0.4, -0.2) is 33.4 Å². The molecule has 0 atom stereocenters. The fraction of sp³-hybridized carbons (Fsp3) is 0.381. The van der Waals surface area contributed by atoms with Crippen LogP contribution in [0.3, 0.4) is 0 Å². The Hall–Kier alpha value is -3.09. The van der Waals surface area contributed by atoms with Crippen LogP contribution in [0.2, 0.25) is 0 Å². The number of hydrogen-bond donors (Lipinski definition) is 1. The molecule has 0 radical (unpaired) electrons. The maximum atomic E-state index is 12.1. The molecule has 1 aromatic carbocycles. The molecule has 3 aromatic rings. The molecule has 3 rings (SSSR count). The monoisotopic (exact) mass is 382 g/mol. The Bertz CT molecular complexity index is 977. The van der Waals surface area contributed by atoms with Crippen molar-refractivity contribution >= 4 is 16.9 Å². The number of aromatic nitrogens is 3. The van der Waals surface area contributed by atoms with Crippen LogP contribution in [0.1, 0.15) is 30.7 Å². The number of pyridine rings is 1. The van der Waals surface area contributed by atoms with Gasteiger partial charge in [-0.25, -0.2) is 0 Å². The van der Waals surface area contributed by atoms with Crippen LogP contribution in [0.25, 0.3) is 11.0 Å². The average Bonchev–Trinajstić information content (AvgIpc) is 2.93. The summed E-state index contributed by atoms with van der Waals surface area (Å²) in [6, 6.07) is 9.49. The molecule has 7 heteroatoms. The van der Waals surface area contributed by atoms with Gasteiger partial charge in [-0.3, -0.25) is 9.48 Å². The molecule has 0 aliphatic heterocycles. The van der Waals surface area contributed by atoms with E-state index in [9.17, 15) is 4.79 Å². The van der Waals surface area contributed by atoms with Gasteiger partial charge in [-0.2, -0.15) is 10.1 Å². The Kier molecular flexibility index (Phi) is 5.82. The molecule has 148 valence electrons. The molecule has 0 fully saturated rings. The van der Waals surface area contributed by atoms with E-state index in [-0.39, 0.29) is 18.6 Å². The molecule has 0 bridgehead atoms. The van der Waals surface area contributed by atoms with Gasteiger partial charge in [0.25, 0.3) is 5.91 Å². The van der Waals surface area contributed by atoms with E-state index in [4.69, 9.17) is 9.47 Å². The topological polar surface area (TPSA) is 78.3 Å². The SMILES string of the molecule is Cc1cc(OCC(=O)NCc2ccc(OC(C)C)cc2)nc2c1c(C)nn2C. The summed E-state index contributed by atoms with van der Waals surface area (Å²) in [6.45, 7) is 8.24. The van der Waals surface area contributed by atoms with E-state index in [1.165, 1.54) is 0 Å². The van der Waals surface area contributed by atoms with Crippen molar-refractivity contribution < 1.29 is 14.3 Å². The summed E-state index contributed by atoms with van der Waals surface area (Å²) < 4.78 is 12.9. The Morgan fingerprint density at radius 2 is 1.93 bits per heavy atom. The van der Waals surface area contributed by atoms with Crippen LogP contribution in [0.5, 0.6) is 11.6 Å². The highest BCUT2D eigenvalue weighted by molar-refractivity contribution is 5.82. The van der Waals surface area contributed by atoms with Gasteiger partial charge in [0.2, 0.25) is 5.88 Å². The molecule has 7 nitrogen and oxygen atoms in total. The molecule has 0 saturated heterocycles. The maximum absolute atomic E-state index is 12.1. The van der Waals surface area contributed by atoms with E-state index >= 15 is 0 Å². The van der Waals surface area contributed by atoms with Crippen molar-refractivity contribution in [1.82, 2.24) is 20.1 Å². The van der Waals surface area contributed by atoms with E-state index in [2.05, 4.69) is 15.4 Å². The lowest BCUT2D eigenvalue weighted by Crippen LogP contribution is -2.28. The summed E-state index contributed by atoms with van der Waals surface area (Å²) in [7, 11) is 1.84. The van der Waals surface area contributed by atoms with Crippen LogP contribution in [0.15, 0.2) is 30.3 Å². The van der Waals surface area contributed by atoms with E-state index in [0.29, 0.717) is 12.4 Å². The molecular weight excluding hydrogens is 356 g/mol. The number of ether oxygens (including phenoxy) is 2. The standard InChI is InChI=1S/C21H26N4O3/c1-13(2)28-17-8-6-16(7-9-17)11-22-18(26)12-27-19-10-14(3)20-15(4)24-25(5)21(20)23-19/h6-10,13H,11-12H2,1-5H3,(H,22,26). The first-order chi connectivity index (χ1) is 13.3. The molecule has 0 aliphatic carbocycles. The lowest BCUT2D eigenvalue weighted by molar-refractivity contribution is -0.123. The summed E-state index contributed by atoms with van der Waals surface area (Å²) in [5, 5.41) is 8.25. The van der Waals surface area contributed by atoms with E-state index in [1.807, 2.05) is 65.1 Å². The third kappa shape index (κ3) is 4.60. The number of rotatable bonds is 7. The van der Waals surface area contributed by atoms with E-state index in [1.54, 1.807) is 4.68 Å². The minimum absolute atomic E-state index is 0.0939. The van der Waals surface area contributed by atoms with Crippen molar-refractivity contribution in [2.75, 3.05) is 6.61 Å². The van der Waals surface area contributed by atoms with Crippen molar-refractivity contribution in [3.8, 4) is 11.6 Å². The minimum Gasteiger partial charge on any atom is -0.491 e. The first-order valence-electron chi connectivity index (χ1n) is 9.29. The van der Waals surface area contributed by atoms with E-state index in [0.717, 1.165) is 33.6 Å². The van der Waals surface area contributed by atoms with E-state index < -0.39 is 0 Å². The highest BCUT2D eigenvalue weighted by Crippen LogP contribution is 2.23. The fourth-order valence-electron chi connectivity index (χ4n) is 3.05. The van der Waals surface area contributed by atoms with Gasteiger partial charge in [-0.15, -0.1) is 0 Å². The summed E-state index contributed by atoms with van der Waals surface area (Å²) >= 11 is 0. The molecule has 0 aliphatic rings. The van der Waals surface area contributed by atoms with Gasteiger partial charge in [0, 0.05) is 25.0 Å². The molecule has 0 unspecified atom stereocenters. The lowest BCUT2D eigenvalue weighted by Gasteiger charge is -2.11. The number of amides is 1. The van der Waals surface area contributed by atoms with Gasteiger partial charge in [-0.05, 0) is 51.0 Å². The normalized spacial score (nSPS) is 11.1. The number of nitrogens with one attached hydrogen (secondary N) is 1. The van der Waals surface area contributed by atoms with Gasteiger partial charge < -0.3 is 14.8 Å². The van der Waals surface area contributed by atoms with Gasteiger partial charge >= 0.3 is 0 Å². The fourth-order valence-corrected chi connectivity index (χ4v) is 3.05. The second-order valence-corrected chi connectivity index (χ2v) is 7.06. The molecule has 1 N–H and O–H groups in total. The third-order valence-electron chi connectivity index (χ3n) is 4.28. The second kappa shape index (κ2) is 8.29. The summed E-state index contributed by atoms with van der Waals surface area (Å²) in [6.07, 6.45) is 0.134. The van der Waals surface area contributed by atoms with Crippen molar-refractivity contribution in [2.45, 2.75) is 40.3 Å². The number of hydrogen-bond acceptors (Lipinski definition) is 5. The molecular formula is C21H26N4O3. The summed E-state index contributed by atoms with van der Waals surface area (Å²) in [5.74, 6) is 1.03. The van der Waals surface area contributed by atoms with Gasteiger partial charge in [0.1, 0.15) is 5.75 Å². The Labute approximate surface area is 164 Å². The van der Waals surface area contributed by atoms with Crippen LogP contribution in [0.4, 0.5) is 0 Å². The predicted octanol–water partition coefficient (Wildman–Crippen LogP) is 3.07. The average molecular weight is 382 g/mol. The molecule has 2 aromatic heterocycles. The van der Waals surface area contributed by atoms with Crippen LogP contribution < -0.4 is 14.8 Å². The first-order valence-corrected chi connectivity index (χ1v) is 9.29. The van der Waals surface area contributed by atoms with Gasteiger partial charge in [-0.1, -0.05) is 12.1 Å². The Morgan fingerprint density at radius 1 is 1.21 bits per heavy atom. The predicted molar refractivity (Wildman–Crippen MR) is 108 cm³/mol. The molecule has 2 heterocycles. The van der Waals surface area contributed by atoms with Crippen LogP contribution >= 0.6 is 0 Å². The largest absolute Gasteiger partial charge is 0.491 e. The zero-order chi connectivity index (χ0) is 20.3. The number of carbonyl (C=O) groups excluding carboxylic acids is 1. The zero-order valence-corrected chi connectivity index (χ0v) is 16.9. The number of carbonyl (C=O) groups is 1. The first kappa shape index (κ1) is 19.7. The van der Waals surface area contributed by atoms with Gasteiger partial charge in [0.05, 0.1) is 11.8 Å². The van der Waals surface area contributed by atoms with Crippen LogP contribution in [0, 0.1) is 13.8 Å². The number of nitrogens with zero attached hydrogens (tertiary/aromatic N) is 3. The maximum Gasteiger partial charge on any atom is 0.258 e. The molecule has 0 saturated carbocycles. The van der Waals surface area contributed by atoms with Crippen molar-refractivity contribution in [1.29, 1.82) is 0 Å². The molecule has 0 spiro atoms. The van der Waals surface area contributed by atoms with Crippen molar-refractivity contribution in [3.05, 3.63) is 47.2 Å². The lowest BCUT2D eigenvalue weighted by atomic mass is 10.2. The Morgan fingerprint density at radius 3 is 2.61 bits per heavy atom. The number of benzene rings is 1. The highest BCUT2D eigenvalue weighted by Gasteiger charge is 2.12. The molecule has 28 heavy (non-hydrogen) atoms. The summed E-state index contributed by atoms with van der Waals surface area (Å²) in [4.78, 5) is 16.6. The zero-order valence-electron chi connectivity index (χ0n) is 16.9. The highest BCUT2D eigenvalue weighted by atomic mass is 16.5. The second-order valence-electron chi connectivity index (χ2n) is 7.06. The number of aryl methyl sites for hydroxylation is 3. The quantitative estimate of drug-likeness (QED) is 0.679. The number of fused-ring (bicyclic) bond motifs is 1. The Balaban J connectivity index is 1.54. The van der Waals surface area contributed by atoms with Crippen molar-refractivity contribution in [2.24, 2.45) is 7.05 Å². The molecule has 1 amide bonds.